The molecule has 7 unspecified atom stereocenters. The van der Waals surface area contributed by atoms with Crippen LogP contribution in [-0.4, -0.2) is 87.5 Å². The zero-order valence-corrected chi connectivity index (χ0v) is 38.0. The van der Waals surface area contributed by atoms with Crippen molar-refractivity contribution < 1.29 is 39.8 Å². The molecule has 9 nitrogen and oxygen atoms in total. The Hall–Kier alpha value is -1.59. The number of hydrogen-bond donors (Lipinski definition) is 6. The van der Waals surface area contributed by atoms with Crippen molar-refractivity contribution in [1.29, 1.82) is 0 Å². The van der Waals surface area contributed by atoms with Gasteiger partial charge in [-0.2, -0.15) is 0 Å². The number of nitrogens with one attached hydrogen (secondary N) is 1. The highest BCUT2D eigenvalue weighted by atomic mass is 16.7. The Morgan fingerprint density at radius 3 is 1.42 bits per heavy atom. The zero-order chi connectivity index (χ0) is 43.0. The molecule has 0 aliphatic carbocycles. The fraction of sp³-hybridized carbons (Fsp3) is 0.860. The summed E-state index contributed by atoms with van der Waals surface area (Å²) >= 11 is 0. The van der Waals surface area contributed by atoms with Gasteiger partial charge in [0.15, 0.2) is 6.29 Å². The van der Waals surface area contributed by atoms with Crippen molar-refractivity contribution in [2.45, 2.75) is 262 Å². The largest absolute Gasteiger partial charge is 0.394 e. The van der Waals surface area contributed by atoms with Crippen LogP contribution in [0.5, 0.6) is 0 Å². The van der Waals surface area contributed by atoms with Gasteiger partial charge >= 0.3 is 0 Å². The number of rotatable bonds is 41. The molecule has 0 bridgehead atoms. The molecule has 59 heavy (non-hydrogen) atoms. The van der Waals surface area contributed by atoms with E-state index in [4.69, 9.17) is 9.47 Å². The van der Waals surface area contributed by atoms with Crippen LogP contribution in [0.25, 0.3) is 0 Å². The van der Waals surface area contributed by atoms with E-state index in [0.717, 1.165) is 51.4 Å². The highest BCUT2D eigenvalue weighted by molar-refractivity contribution is 5.76. The Balaban J connectivity index is 2.31. The fourth-order valence-corrected chi connectivity index (χ4v) is 7.72. The summed E-state index contributed by atoms with van der Waals surface area (Å²) in [5.74, 6) is -0.189. The molecule has 6 N–H and O–H groups in total. The zero-order valence-electron chi connectivity index (χ0n) is 38.0. The third-order valence-electron chi connectivity index (χ3n) is 11.7. The lowest BCUT2D eigenvalue weighted by Gasteiger charge is -2.40. The summed E-state index contributed by atoms with van der Waals surface area (Å²) in [5, 5.41) is 54.2. The summed E-state index contributed by atoms with van der Waals surface area (Å²) in [4.78, 5) is 13.0. The Morgan fingerprint density at radius 2 is 0.966 bits per heavy atom. The number of unbranched alkanes of at least 4 members (excludes halogenated alkanes) is 27. The number of carbonyl (C=O) groups excluding carboxylic acids is 1. The molecule has 0 spiro atoms. The van der Waals surface area contributed by atoms with Crippen LogP contribution in [0.4, 0.5) is 0 Å². The molecule has 1 aliphatic heterocycles. The summed E-state index contributed by atoms with van der Waals surface area (Å²) in [5.41, 5.74) is 0. The molecule has 1 aliphatic rings. The predicted octanol–water partition coefficient (Wildman–Crippen LogP) is 10.8. The van der Waals surface area contributed by atoms with Gasteiger partial charge in [-0.1, -0.05) is 204 Å². The SMILES string of the molecule is CCCCCCC/C=C/CC/C=C/CC/C=C/C(O)C(COC1OC(CO)C(O)C(O)C1O)NC(=O)CCCCCCCCCCCCCCCCCCCCCCC. The molecule has 1 fully saturated rings. The monoisotopic (exact) mass is 836 g/mol. The summed E-state index contributed by atoms with van der Waals surface area (Å²) in [6.45, 7) is 3.75. The highest BCUT2D eigenvalue weighted by Gasteiger charge is 2.44. The van der Waals surface area contributed by atoms with Crippen molar-refractivity contribution in [1.82, 2.24) is 5.32 Å². The molecule has 346 valence electrons. The van der Waals surface area contributed by atoms with Gasteiger partial charge in [-0.3, -0.25) is 4.79 Å². The van der Waals surface area contributed by atoms with Crippen molar-refractivity contribution in [3.05, 3.63) is 36.5 Å². The van der Waals surface area contributed by atoms with Gasteiger partial charge in [0.1, 0.15) is 24.4 Å². The number of hydrogen-bond acceptors (Lipinski definition) is 8. The molecule has 0 saturated carbocycles. The van der Waals surface area contributed by atoms with Gasteiger partial charge in [0.2, 0.25) is 5.91 Å². The van der Waals surface area contributed by atoms with Gasteiger partial charge in [-0.15, -0.1) is 0 Å². The van der Waals surface area contributed by atoms with Crippen LogP contribution in [0.1, 0.15) is 219 Å². The van der Waals surface area contributed by atoms with E-state index in [1.54, 1.807) is 6.08 Å². The number of allylic oxidation sites excluding steroid dienone is 5. The maximum absolute atomic E-state index is 13.0. The van der Waals surface area contributed by atoms with E-state index in [1.807, 2.05) is 6.08 Å². The van der Waals surface area contributed by atoms with E-state index in [2.05, 4.69) is 43.5 Å². The van der Waals surface area contributed by atoms with E-state index < -0.39 is 49.5 Å². The Labute approximate surface area is 361 Å². The third-order valence-corrected chi connectivity index (χ3v) is 11.7. The van der Waals surface area contributed by atoms with E-state index >= 15 is 0 Å². The molecule has 1 saturated heterocycles. The van der Waals surface area contributed by atoms with Crippen molar-refractivity contribution in [2.24, 2.45) is 0 Å². The predicted molar refractivity (Wildman–Crippen MR) is 244 cm³/mol. The first kappa shape index (κ1) is 55.4. The number of carbonyl (C=O) groups is 1. The molecule has 1 heterocycles. The maximum atomic E-state index is 13.0. The average Bonchev–Trinajstić information content (AvgIpc) is 3.23. The second kappa shape index (κ2) is 40.5. The minimum atomic E-state index is -1.57. The van der Waals surface area contributed by atoms with Crippen LogP contribution >= 0.6 is 0 Å². The first-order chi connectivity index (χ1) is 28.8. The lowest BCUT2D eigenvalue weighted by atomic mass is 9.99. The van der Waals surface area contributed by atoms with E-state index in [1.165, 1.54) is 148 Å². The molecular formula is C50H93NO8. The van der Waals surface area contributed by atoms with Crippen molar-refractivity contribution >= 4 is 5.91 Å². The van der Waals surface area contributed by atoms with Crippen molar-refractivity contribution in [2.75, 3.05) is 13.2 Å². The second-order valence-corrected chi connectivity index (χ2v) is 17.2. The molecule has 0 radical (unpaired) electrons. The topological polar surface area (TPSA) is 149 Å². The van der Waals surface area contributed by atoms with Crippen LogP contribution < -0.4 is 5.32 Å². The van der Waals surface area contributed by atoms with Gasteiger partial charge in [0, 0.05) is 6.42 Å². The minimum Gasteiger partial charge on any atom is -0.394 e. The maximum Gasteiger partial charge on any atom is 0.220 e. The second-order valence-electron chi connectivity index (χ2n) is 17.2. The standard InChI is InChI=1S/C50H93NO8/c1-3-5-7-9-11-13-15-17-19-20-21-22-23-24-26-28-30-32-34-36-38-40-46(54)51-43(42-58-50-49(57)48(56)47(55)45(41-52)59-50)44(53)39-37-35-33-31-29-27-25-18-16-14-12-10-8-6-4-2/h16,18,29,31,37,39,43-45,47-50,52-53,55-57H,3-15,17,19-28,30,32-36,38,40-42H2,1-2H3,(H,51,54)/b18-16+,31-29+,39-37+. The quantitative estimate of drug-likeness (QED) is 0.0263. The molecule has 0 aromatic rings. The normalized spacial score (nSPS) is 21.0. The van der Waals surface area contributed by atoms with E-state index in [-0.39, 0.29) is 12.5 Å². The van der Waals surface area contributed by atoms with Crippen LogP contribution in [-0.2, 0) is 14.3 Å². The smallest absolute Gasteiger partial charge is 0.220 e. The van der Waals surface area contributed by atoms with Crippen LogP contribution in [0.15, 0.2) is 36.5 Å². The van der Waals surface area contributed by atoms with Crippen molar-refractivity contribution in [3.8, 4) is 0 Å². The molecule has 1 rings (SSSR count). The van der Waals surface area contributed by atoms with E-state index in [0.29, 0.717) is 6.42 Å². The van der Waals surface area contributed by atoms with Gasteiger partial charge < -0.3 is 40.3 Å². The van der Waals surface area contributed by atoms with Crippen molar-refractivity contribution in [3.63, 3.8) is 0 Å². The number of amides is 1. The molecular weight excluding hydrogens is 743 g/mol. The summed E-state index contributed by atoms with van der Waals surface area (Å²) in [6, 6.07) is -0.824. The molecule has 0 aromatic carbocycles. The lowest BCUT2D eigenvalue weighted by Crippen LogP contribution is -2.60. The molecule has 0 aromatic heterocycles. The van der Waals surface area contributed by atoms with Crippen LogP contribution in [0, 0.1) is 0 Å². The highest BCUT2D eigenvalue weighted by Crippen LogP contribution is 2.23. The summed E-state index contributed by atoms with van der Waals surface area (Å²) < 4.78 is 11.2. The number of ether oxygens (including phenoxy) is 2. The summed E-state index contributed by atoms with van der Waals surface area (Å²) in [6.07, 6.45) is 43.4. The third kappa shape index (κ3) is 31.0. The lowest BCUT2D eigenvalue weighted by molar-refractivity contribution is -0.302. The van der Waals surface area contributed by atoms with Gasteiger partial charge in [-0.05, 0) is 44.9 Å². The first-order valence-electron chi connectivity index (χ1n) is 24.7. The molecule has 1 amide bonds. The number of aliphatic hydroxyl groups is 5. The molecule has 9 heteroatoms. The van der Waals surface area contributed by atoms with Crippen LogP contribution in [0.3, 0.4) is 0 Å². The molecule has 7 atom stereocenters. The first-order valence-corrected chi connectivity index (χ1v) is 24.7. The Morgan fingerprint density at radius 1 is 0.559 bits per heavy atom. The van der Waals surface area contributed by atoms with E-state index in [9.17, 15) is 30.3 Å². The van der Waals surface area contributed by atoms with Crippen LogP contribution in [0.2, 0.25) is 0 Å². The Bertz CT molecular complexity index is 1020. The van der Waals surface area contributed by atoms with Gasteiger partial charge in [-0.25, -0.2) is 0 Å². The Kier molecular flexibility index (Phi) is 38.0. The summed E-state index contributed by atoms with van der Waals surface area (Å²) in [7, 11) is 0. The number of aliphatic hydroxyl groups excluding tert-OH is 5. The van der Waals surface area contributed by atoms with Gasteiger partial charge in [0.25, 0.3) is 0 Å². The fourth-order valence-electron chi connectivity index (χ4n) is 7.72. The average molecular weight is 836 g/mol. The minimum absolute atomic E-state index is 0.189. The van der Waals surface area contributed by atoms with Gasteiger partial charge in [0.05, 0.1) is 25.4 Å².